The molecule has 0 N–H and O–H groups in total. The molecule has 1 atom stereocenters. The Kier molecular flexibility index (Phi) is 5.64. The average Bonchev–Trinajstić information content (AvgIpc) is 3.14. The molecule has 2 aliphatic rings. The Hall–Kier alpha value is -3.25. The fourth-order valence-corrected chi connectivity index (χ4v) is 5.27. The van der Waals surface area contributed by atoms with Crippen molar-refractivity contribution in [1.29, 1.82) is 0 Å². The molecule has 3 aromatic rings. The van der Waals surface area contributed by atoms with Crippen LogP contribution >= 0.6 is 11.6 Å². The van der Waals surface area contributed by atoms with Crippen molar-refractivity contribution in [1.82, 2.24) is 4.68 Å². The van der Waals surface area contributed by atoms with Gasteiger partial charge >= 0.3 is 5.97 Å². The Balaban J connectivity index is 1.62. The summed E-state index contributed by atoms with van der Waals surface area (Å²) in [6.45, 7) is 6.70. The lowest BCUT2D eigenvalue weighted by Crippen LogP contribution is -2.50. The highest BCUT2D eigenvalue weighted by Gasteiger charge is 2.45. The zero-order valence-corrected chi connectivity index (χ0v) is 20.3. The summed E-state index contributed by atoms with van der Waals surface area (Å²) in [6, 6.07) is 15.4. The van der Waals surface area contributed by atoms with E-state index in [-0.39, 0.29) is 29.2 Å². The number of aromatic nitrogens is 1. The van der Waals surface area contributed by atoms with Gasteiger partial charge in [-0.05, 0) is 56.9 Å². The van der Waals surface area contributed by atoms with E-state index < -0.39 is 5.97 Å². The van der Waals surface area contributed by atoms with Crippen LogP contribution in [0.3, 0.4) is 0 Å². The summed E-state index contributed by atoms with van der Waals surface area (Å²) in [5.74, 6) is 0.0118. The molecule has 0 radical (unpaired) electrons. The number of rotatable bonds is 5. The molecular weight excluding hydrogens is 452 g/mol. The second kappa shape index (κ2) is 8.51. The first kappa shape index (κ1) is 22.5. The SMILES string of the molecule is CCOC(=O)c1cn2c(cc1=O)-c1cc(Cl)c(OCc3ccccc3)cc1[C@H]1CCC(C)(C)N12. The normalized spacial score (nSPS) is 17.5. The van der Waals surface area contributed by atoms with Crippen molar-refractivity contribution in [3.05, 3.63) is 86.7 Å². The fraction of sp³-hybridized carbons (Fsp3) is 0.333. The molecule has 5 rings (SSSR count). The van der Waals surface area contributed by atoms with Gasteiger partial charge in [0.15, 0.2) is 5.43 Å². The molecule has 1 saturated heterocycles. The topological polar surface area (TPSA) is 60.8 Å². The molecule has 0 aliphatic carbocycles. The van der Waals surface area contributed by atoms with E-state index in [9.17, 15) is 9.59 Å². The van der Waals surface area contributed by atoms with Gasteiger partial charge in [0.25, 0.3) is 0 Å². The van der Waals surface area contributed by atoms with Crippen LogP contribution in [0.5, 0.6) is 5.75 Å². The molecule has 1 fully saturated rings. The van der Waals surface area contributed by atoms with Crippen LogP contribution in [0.25, 0.3) is 11.3 Å². The van der Waals surface area contributed by atoms with Crippen molar-refractivity contribution in [3.63, 3.8) is 0 Å². The summed E-state index contributed by atoms with van der Waals surface area (Å²) in [7, 11) is 0. The van der Waals surface area contributed by atoms with Crippen molar-refractivity contribution in [2.45, 2.75) is 51.8 Å². The molecule has 7 heteroatoms. The predicted octanol–water partition coefficient (Wildman–Crippen LogP) is 5.49. The summed E-state index contributed by atoms with van der Waals surface area (Å²) in [4.78, 5) is 25.3. The minimum absolute atomic E-state index is 0.0319. The van der Waals surface area contributed by atoms with Crippen LogP contribution in [0.2, 0.25) is 5.02 Å². The van der Waals surface area contributed by atoms with E-state index in [1.54, 1.807) is 13.1 Å². The lowest BCUT2D eigenvalue weighted by Gasteiger charge is -2.44. The number of hydrogen-bond acceptors (Lipinski definition) is 5. The second-order valence-electron chi connectivity index (χ2n) is 9.36. The lowest BCUT2D eigenvalue weighted by atomic mass is 9.94. The molecule has 2 aromatic carbocycles. The van der Waals surface area contributed by atoms with Crippen LogP contribution in [-0.2, 0) is 11.3 Å². The third kappa shape index (κ3) is 3.76. The molecular formula is C27H27ClN2O4. The van der Waals surface area contributed by atoms with Crippen LogP contribution in [0.1, 0.15) is 61.1 Å². The highest BCUT2D eigenvalue weighted by molar-refractivity contribution is 6.32. The van der Waals surface area contributed by atoms with Gasteiger partial charge in [0.1, 0.15) is 17.9 Å². The van der Waals surface area contributed by atoms with E-state index in [0.29, 0.717) is 23.1 Å². The minimum atomic E-state index is -0.607. The van der Waals surface area contributed by atoms with Gasteiger partial charge in [0.2, 0.25) is 0 Å². The maximum absolute atomic E-state index is 12.9. The highest BCUT2D eigenvalue weighted by Crippen LogP contribution is 2.50. The number of hydrogen-bond donors (Lipinski definition) is 0. The van der Waals surface area contributed by atoms with Crippen molar-refractivity contribution in [3.8, 4) is 17.0 Å². The molecule has 176 valence electrons. The monoisotopic (exact) mass is 478 g/mol. The standard InChI is InChI=1S/C27H27ClN2O4/c1-4-33-26(32)20-15-29-23(14-24(20)31)18-12-21(28)25(34-16-17-8-6-5-7-9-17)13-19(18)22-10-11-27(2,3)30(22)29/h5-9,12-15,22H,4,10-11,16H2,1-3H3/t22-/m1/s1. The van der Waals surface area contributed by atoms with E-state index >= 15 is 0 Å². The smallest absolute Gasteiger partial charge is 0.343 e. The molecule has 6 nitrogen and oxygen atoms in total. The molecule has 2 aliphatic heterocycles. The lowest BCUT2D eigenvalue weighted by molar-refractivity contribution is 0.0523. The van der Waals surface area contributed by atoms with Crippen LogP contribution in [-0.4, -0.2) is 22.8 Å². The van der Waals surface area contributed by atoms with Gasteiger partial charge in [0, 0.05) is 17.8 Å². The van der Waals surface area contributed by atoms with Crippen LogP contribution < -0.4 is 15.2 Å². The average molecular weight is 479 g/mol. The number of halogens is 1. The fourth-order valence-electron chi connectivity index (χ4n) is 5.06. The first-order chi connectivity index (χ1) is 16.3. The Morgan fingerprint density at radius 1 is 1.18 bits per heavy atom. The Bertz CT molecular complexity index is 1320. The van der Waals surface area contributed by atoms with Crippen LogP contribution in [0.15, 0.2) is 59.5 Å². The predicted molar refractivity (Wildman–Crippen MR) is 132 cm³/mol. The van der Waals surface area contributed by atoms with Crippen molar-refractivity contribution in [2.24, 2.45) is 0 Å². The quantitative estimate of drug-likeness (QED) is 0.454. The van der Waals surface area contributed by atoms with Gasteiger partial charge in [-0.15, -0.1) is 0 Å². The van der Waals surface area contributed by atoms with Gasteiger partial charge in [-0.1, -0.05) is 41.9 Å². The molecule has 0 unspecified atom stereocenters. The Labute approximate surface area is 203 Å². The summed E-state index contributed by atoms with van der Waals surface area (Å²) in [6.07, 6.45) is 3.51. The van der Waals surface area contributed by atoms with Gasteiger partial charge in [0.05, 0.1) is 28.9 Å². The van der Waals surface area contributed by atoms with E-state index in [1.807, 2.05) is 47.1 Å². The van der Waals surface area contributed by atoms with Gasteiger partial charge in [-0.25, -0.2) is 4.79 Å². The third-order valence-electron chi connectivity index (χ3n) is 6.68. The van der Waals surface area contributed by atoms with E-state index in [2.05, 4.69) is 18.9 Å². The van der Waals surface area contributed by atoms with Crippen LogP contribution in [0, 0.1) is 0 Å². The van der Waals surface area contributed by atoms with Gasteiger partial charge in [-0.2, -0.15) is 0 Å². The molecule has 1 aromatic heterocycles. The second-order valence-corrected chi connectivity index (χ2v) is 9.76. The zero-order chi connectivity index (χ0) is 24.0. The Morgan fingerprint density at radius 3 is 2.68 bits per heavy atom. The summed E-state index contributed by atoms with van der Waals surface area (Å²) < 4.78 is 13.2. The molecule has 0 saturated carbocycles. The van der Waals surface area contributed by atoms with Crippen LogP contribution in [0.4, 0.5) is 0 Å². The van der Waals surface area contributed by atoms with Gasteiger partial charge in [-0.3, -0.25) is 14.5 Å². The summed E-state index contributed by atoms with van der Waals surface area (Å²) in [5.41, 5.74) is 3.20. The van der Waals surface area contributed by atoms with Crippen molar-refractivity contribution < 1.29 is 14.3 Å². The first-order valence-electron chi connectivity index (χ1n) is 11.5. The number of fused-ring (bicyclic) bond motifs is 6. The first-order valence-corrected chi connectivity index (χ1v) is 11.9. The maximum atomic E-state index is 12.9. The van der Waals surface area contributed by atoms with E-state index in [4.69, 9.17) is 21.1 Å². The summed E-state index contributed by atoms with van der Waals surface area (Å²) >= 11 is 6.66. The molecule has 3 heterocycles. The number of ether oxygens (including phenoxy) is 2. The number of carbonyl (C=O) groups excluding carboxylic acids is 1. The number of esters is 1. The molecule has 0 amide bonds. The number of nitrogens with zero attached hydrogens (tertiary/aromatic N) is 2. The molecule has 34 heavy (non-hydrogen) atoms. The Morgan fingerprint density at radius 2 is 1.94 bits per heavy atom. The maximum Gasteiger partial charge on any atom is 0.343 e. The van der Waals surface area contributed by atoms with Crippen molar-refractivity contribution in [2.75, 3.05) is 11.6 Å². The third-order valence-corrected chi connectivity index (χ3v) is 6.98. The summed E-state index contributed by atoms with van der Waals surface area (Å²) in [5, 5.41) is 2.73. The minimum Gasteiger partial charge on any atom is -0.487 e. The molecule has 0 spiro atoms. The highest BCUT2D eigenvalue weighted by atomic mass is 35.5. The van der Waals surface area contributed by atoms with Gasteiger partial charge < -0.3 is 9.47 Å². The van der Waals surface area contributed by atoms with E-state index in [1.165, 1.54) is 6.07 Å². The zero-order valence-electron chi connectivity index (χ0n) is 19.5. The largest absolute Gasteiger partial charge is 0.487 e. The number of benzene rings is 2. The number of carbonyl (C=O) groups is 1. The number of pyridine rings is 1. The van der Waals surface area contributed by atoms with Crippen molar-refractivity contribution >= 4 is 17.6 Å². The van der Waals surface area contributed by atoms with E-state index in [0.717, 1.165) is 29.5 Å². The molecule has 0 bridgehead atoms.